The van der Waals surface area contributed by atoms with Crippen molar-refractivity contribution in [2.45, 2.75) is 26.1 Å². The van der Waals surface area contributed by atoms with Gasteiger partial charge in [0, 0.05) is 6.54 Å². The van der Waals surface area contributed by atoms with Crippen LogP contribution in [0.1, 0.15) is 19.2 Å². The molecule has 1 aliphatic rings. The van der Waals surface area contributed by atoms with E-state index in [-0.39, 0.29) is 25.5 Å². The minimum atomic E-state index is -0.587. The molecule has 0 N–H and O–H groups in total. The van der Waals surface area contributed by atoms with E-state index in [2.05, 4.69) is 4.98 Å². The molecule has 2 heterocycles. The lowest BCUT2D eigenvalue weighted by atomic mass is 10.2. The van der Waals surface area contributed by atoms with E-state index in [1.807, 2.05) is 30.3 Å². The topological polar surface area (TPSA) is 81.9 Å². The van der Waals surface area contributed by atoms with Gasteiger partial charge in [0.15, 0.2) is 18.3 Å². The number of carbonyl (C=O) groups is 2. The van der Waals surface area contributed by atoms with Crippen LogP contribution in [0, 0.1) is 0 Å². The van der Waals surface area contributed by atoms with Crippen LogP contribution in [0.2, 0.25) is 0 Å². The molecule has 0 saturated carbocycles. The molecule has 138 valence electrons. The van der Waals surface area contributed by atoms with Crippen LogP contribution in [-0.2, 0) is 20.9 Å². The summed E-state index contributed by atoms with van der Waals surface area (Å²) in [6.45, 7) is 1.87. The van der Waals surface area contributed by atoms with Crippen LogP contribution >= 0.6 is 0 Å². The van der Waals surface area contributed by atoms with E-state index in [0.29, 0.717) is 28.4 Å². The molecule has 3 aromatic rings. The van der Waals surface area contributed by atoms with Crippen LogP contribution in [0.15, 0.2) is 52.9 Å². The van der Waals surface area contributed by atoms with Gasteiger partial charge in [-0.25, -0.2) is 4.98 Å². The molecular weight excluding hydrogens is 348 g/mol. The minimum Gasteiger partial charge on any atom is -0.479 e. The van der Waals surface area contributed by atoms with E-state index < -0.39 is 12.1 Å². The van der Waals surface area contributed by atoms with Crippen LogP contribution in [0.5, 0.6) is 5.75 Å². The highest BCUT2D eigenvalue weighted by Gasteiger charge is 2.31. The van der Waals surface area contributed by atoms with Gasteiger partial charge in [0.25, 0.3) is 5.91 Å². The van der Waals surface area contributed by atoms with Gasteiger partial charge in [0.05, 0.1) is 12.1 Å². The molecule has 1 aliphatic heterocycles. The highest BCUT2D eigenvalue weighted by atomic mass is 16.5. The Bertz CT molecular complexity index is 964. The first kappa shape index (κ1) is 17.1. The van der Waals surface area contributed by atoms with Crippen molar-refractivity contribution in [2.24, 2.45) is 0 Å². The van der Waals surface area contributed by atoms with Crippen LogP contribution in [0.25, 0.3) is 11.1 Å². The first-order valence-electron chi connectivity index (χ1n) is 8.69. The second-order valence-electron chi connectivity index (χ2n) is 6.20. The number of benzene rings is 2. The zero-order valence-corrected chi connectivity index (χ0v) is 14.8. The highest BCUT2D eigenvalue weighted by Crippen LogP contribution is 2.33. The fraction of sp³-hybridized carbons (Fsp3) is 0.250. The van der Waals surface area contributed by atoms with Gasteiger partial charge in [-0.3, -0.25) is 9.59 Å². The number of fused-ring (bicyclic) bond motifs is 2. The van der Waals surface area contributed by atoms with Crippen molar-refractivity contribution in [1.29, 1.82) is 0 Å². The van der Waals surface area contributed by atoms with E-state index in [1.54, 1.807) is 30.0 Å². The van der Waals surface area contributed by atoms with Gasteiger partial charge in [-0.05, 0) is 31.2 Å². The number of ether oxygens (including phenoxy) is 2. The Morgan fingerprint density at radius 1 is 1.19 bits per heavy atom. The summed E-state index contributed by atoms with van der Waals surface area (Å²) >= 11 is 0. The number of rotatable bonds is 5. The Morgan fingerprint density at radius 3 is 2.81 bits per heavy atom. The van der Waals surface area contributed by atoms with Crippen LogP contribution in [0.4, 0.5) is 5.69 Å². The molecule has 1 atom stereocenters. The Hall–Kier alpha value is -3.35. The first-order chi connectivity index (χ1) is 13.1. The maximum absolute atomic E-state index is 12.4. The van der Waals surface area contributed by atoms with Crippen molar-refractivity contribution in [3.05, 3.63) is 54.4 Å². The molecule has 0 fully saturated rings. The van der Waals surface area contributed by atoms with Crippen molar-refractivity contribution in [1.82, 2.24) is 4.98 Å². The van der Waals surface area contributed by atoms with E-state index in [1.165, 1.54) is 0 Å². The van der Waals surface area contributed by atoms with Crippen LogP contribution in [-0.4, -0.2) is 29.5 Å². The Balaban J connectivity index is 1.37. The average molecular weight is 366 g/mol. The number of aromatic nitrogens is 1. The molecule has 27 heavy (non-hydrogen) atoms. The Morgan fingerprint density at radius 2 is 1.96 bits per heavy atom. The number of hydrogen-bond acceptors (Lipinski definition) is 6. The average Bonchev–Trinajstić information content (AvgIpc) is 3.10. The fourth-order valence-electron chi connectivity index (χ4n) is 2.99. The second-order valence-corrected chi connectivity index (χ2v) is 6.20. The lowest BCUT2D eigenvalue weighted by Crippen LogP contribution is -2.45. The quantitative estimate of drug-likeness (QED) is 0.646. The number of hydrogen-bond donors (Lipinski definition) is 0. The summed E-state index contributed by atoms with van der Waals surface area (Å²) in [6.07, 6.45) is -0.525. The third-order valence-electron chi connectivity index (χ3n) is 4.31. The molecule has 7 nitrogen and oxygen atoms in total. The van der Waals surface area contributed by atoms with Crippen molar-refractivity contribution < 1.29 is 23.5 Å². The molecule has 1 amide bonds. The summed E-state index contributed by atoms with van der Waals surface area (Å²) in [4.78, 5) is 30.3. The smallest absolute Gasteiger partial charge is 0.308 e. The Kier molecular flexibility index (Phi) is 4.50. The van der Waals surface area contributed by atoms with Crippen LogP contribution < -0.4 is 9.64 Å². The second kappa shape index (κ2) is 7.11. The molecule has 0 spiro atoms. The van der Waals surface area contributed by atoms with Gasteiger partial charge in [-0.15, -0.1) is 0 Å². The standard InChI is InChI=1S/C20H18N2O5/c1-13-20(24)22(15-7-3-5-9-17(15)26-13)11-10-19(23)25-12-18-21-14-6-2-4-8-16(14)27-18/h2-9,13H,10-12H2,1H3/t13-/m0/s1. The van der Waals surface area contributed by atoms with Crippen molar-refractivity contribution >= 4 is 28.7 Å². The zero-order chi connectivity index (χ0) is 18.8. The van der Waals surface area contributed by atoms with E-state index >= 15 is 0 Å². The number of nitrogens with zero attached hydrogens (tertiary/aromatic N) is 2. The molecule has 1 aromatic heterocycles. The predicted molar refractivity (Wildman–Crippen MR) is 97.3 cm³/mol. The summed E-state index contributed by atoms with van der Waals surface area (Å²) in [5, 5.41) is 0. The minimum absolute atomic E-state index is 0.0441. The lowest BCUT2D eigenvalue weighted by Gasteiger charge is -2.32. The van der Waals surface area contributed by atoms with Gasteiger partial charge >= 0.3 is 5.97 Å². The van der Waals surface area contributed by atoms with Crippen molar-refractivity contribution in [3.63, 3.8) is 0 Å². The maximum Gasteiger partial charge on any atom is 0.308 e. The molecule has 4 rings (SSSR count). The summed E-state index contributed by atoms with van der Waals surface area (Å²) in [7, 11) is 0. The zero-order valence-electron chi connectivity index (χ0n) is 14.8. The fourth-order valence-corrected chi connectivity index (χ4v) is 2.99. The Labute approximate surface area is 155 Å². The first-order valence-corrected chi connectivity index (χ1v) is 8.69. The molecule has 0 bridgehead atoms. The number of esters is 1. The van der Waals surface area contributed by atoms with Gasteiger partial charge in [0.1, 0.15) is 11.3 Å². The summed E-state index contributed by atoms with van der Waals surface area (Å²) < 4.78 is 16.3. The predicted octanol–water partition coefficient (Wildman–Crippen LogP) is 3.08. The molecule has 0 aliphatic carbocycles. The van der Waals surface area contributed by atoms with E-state index in [9.17, 15) is 9.59 Å². The number of anilines is 1. The third-order valence-corrected chi connectivity index (χ3v) is 4.31. The molecular formula is C20H18N2O5. The monoisotopic (exact) mass is 366 g/mol. The van der Waals surface area contributed by atoms with Gasteiger partial charge in [-0.1, -0.05) is 24.3 Å². The molecule has 2 aromatic carbocycles. The normalized spacial score (nSPS) is 16.1. The van der Waals surface area contributed by atoms with E-state index in [4.69, 9.17) is 13.9 Å². The summed E-state index contributed by atoms with van der Waals surface area (Å²) in [6, 6.07) is 14.6. The largest absolute Gasteiger partial charge is 0.479 e. The van der Waals surface area contributed by atoms with E-state index in [0.717, 1.165) is 0 Å². The number of para-hydroxylation sites is 4. The molecule has 7 heteroatoms. The van der Waals surface area contributed by atoms with Crippen LogP contribution in [0.3, 0.4) is 0 Å². The summed E-state index contributed by atoms with van der Waals surface area (Å²) in [5.41, 5.74) is 2.02. The summed E-state index contributed by atoms with van der Waals surface area (Å²) in [5.74, 6) is 0.359. The SMILES string of the molecule is C[C@@H]1Oc2ccccc2N(CCC(=O)OCc2nc3ccccc3o2)C1=O. The molecule has 0 saturated heterocycles. The molecule has 0 unspecified atom stereocenters. The number of carbonyl (C=O) groups excluding carboxylic acids is 2. The lowest BCUT2D eigenvalue weighted by molar-refractivity contribution is -0.145. The van der Waals surface area contributed by atoms with Gasteiger partial charge in [-0.2, -0.15) is 0 Å². The third kappa shape index (κ3) is 3.48. The number of amides is 1. The van der Waals surface area contributed by atoms with Gasteiger partial charge in [0.2, 0.25) is 5.89 Å². The maximum atomic E-state index is 12.4. The molecule has 0 radical (unpaired) electrons. The van der Waals surface area contributed by atoms with Crippen molar-refractivity contribution in [3.8, 4) is 5.75 Å². The number of oxazole rings is 1. The van der Waals surface area contributed by atoms with Crippen molar-refractivity contribution in [2.75, 3.05) is 11.4 Å². The highest BCUT2D eigenvalue weighted by molar-refractivity contribution is 6.00. The van der Waals surface area contributed by atoms with Gasteiger partial charge < -0.3 is 18.8 Å².